The summed E-state index contributed by atoms with van der Waals surface area (Å²) in [6.45, 7) is 0.405. The van der Waals surface area contributed by atoms with Gasteiger partial charge in [-0.15, -0.1) is 23.1 Å². The van der Waals surface area contributed by atoms with Crippen LogP contribution in [0.25, 0.3) is 0 Å². The van der Waals surface area contributed by atoms with Crippen LogP contribution in [0.1, 0.15) is 17.3 Å². The number of thiophene rings is 1. The molecule has 120 valence electrons. The zero-order valence-electron chi connectivity index (χ0n) is 12.2. The van der Waals surface area contributed by atoms with Gasteiger partial charge in [0.05, 0.1) is 17.7 Å². The number of carboxylic acid groups (broad SMARTS) is 1. The highest BCUT2D eigenvalue weighted by Gasteiger charge is 2.42. The number of rotatable bonds is 7. The molecular weight excluding hydrogens is 324 g/mol. The molecule has 1 fully saturated rings. The summed E-state index contributed by atoms with van der Waals surface area (Å²) >= 11 is 2.80. The number of hydrogen-bond acceptors (Lipinski definition) is 5. The van der Waals surface area contributed by atoms with E-state index in [2.05, 4.69) is 5.32 Å². The molecule has 2 atom stereocenters. The highest BCUT2D eigenvalue weighted by molar-refractivity contribution is 7.99. The van der Waals surface area contributed by atoms with Gasteiger partial charge in [-0.2, -0.15) is 0 Å². The van der Waals surface area contributed by atoms with Crippen LogP contribution in [0.4, 0.5) is 0 Å². The first kappa shape index (κ1) is 16.8. The van der Waals surface area contributed by atoms with E-state index in [9.17, 15) is 14.4 Å². The van der Waals surface area contributed by atoms with Gasteiger partial charge in [0.15, 0.2) is 0 Å². The second-order valence-corrected chi connectivity index (χ2v) is 7.10. The van der Waals surface area contributed by atoms with Gasteiger partial charge >= 0.3 is 5.97 Å². The standard InChI is InChI=1S/C14H18N2O4S2/c1-16-11(17)7-9(13(16)10-3-2-5-22-10)14(20)15-4-6-21-8-12(18)19/h2-3,5,9,13H,4,6-8H2,1H3,(H,15,20)(H,18,19). The molecule has 0 saturated carbocycles. The summed E-state index contributed by atoms with van der Waals surface area (Å²) < 4.78 is 0. The van der Waals surface area contributed by atoms with Crippen molar-refractivity contribution in [2.45, 2.75) is 12.5 Å². The molecule has 1 aliphatic rings. The minimum absolute atomic E-state index is 0.0261. The van der Waals surface area contributed by atoms with Crippen molar-refractivity contribution in [2.24, 2.45) is 5.92 Å². The Morgan fingerprint density at radius 2 is 2.32 bits per heavy atom. The van der Waals surface area contributed by atoms with Crippen molar-refractivity contribution >= 4 is 40.9 Å². The number of carbonyl (C=O) groups excluding carboxylic acids is 2. The topological polar surface area (TPSA) is 86.7 Å². The van der Waals surface area contributed by atoms with E-state index >= 15 is 0 Å². The SMILES string of the molecule is CN1C(=O)CC(C(=O)NCCSCC(=O)O)C1c1cccs1. The molecule has 2 heterocycles. The first-order valence-electron chi connectivity index (χ1n) is 6.87. The smallest absolute Gasteiger partial charge is 0.313 e. The average Bonchev–Trinajstić information content (AvgIpc) is 3.07. The van der Waals surface area contributed by atoms with Crippen molar-refractivity contribution in [3.8, 4) is 0 Å². The van der Waals surface area contributed by atoms with Crippen LogP contribution in [0.3, 0.4) is 0 Å². The molecular formula is C14H18N2O4S2. The maximum atomic E-state index is 12.3. The predicted molar refractivity (Wildman–Crippen MR) is 85.9 cm³/mol. The molecule has 2 N–H and O–H groups in total. The van der Waals surface area contributed by atoms with Gasteiger partial charge in [-0.25, -0.2) is 0 Å². The van der Waals surface area contributed by atoms with E-state index < -0.39 is 5.97 Å². The normalized spacial score (nSPS) is 21.1. The lowest BCUT2D eigenvalue weighted by Crippen LogP contribution is -2.35. The number of nitrogens with one attached hydrogen (secondary N) is 1. The molecule has 0 spiro atoms. The Morgan fingerprint density at radius 1 is 1.55 bits per heavy atom. The fourth-order valence-electron chi connectivity index (χ4n) is 2.49. The number of likely N-dealkylation sites (tertiary alicyclic amines) is 1. The summed E-state index contributed by atoms with van der Waals surface area (Å²) in [5.74, 6) is -0.861. The zero-order chi connectivity index (χ0) is 16.1. The van der Waals surface area contributed by atoms with Crippen molar-refractivity contribution in [2.75, 3.05) is 25.1 Å². The van der Waals surface area contributed by atoms with E-state index in [1.807, 2.05) is 17.5 Å². The number of amides is 2. The molecule has 0 aliphatic carbocycles. The number of nitrogens with zero attached hydrogens (tertiary/aromatic N) is 1. The van der Waals surface area contributed by atoms with E-state index in [-0.39, 0.29) is 35.9 Å². The molecule has 0 aromatic carbocycles. The lowest BCUT2D eigenvalue weighted by Gasteiger charge is -2.23. The van der Waals surface area contributed by atoms with E-state index in [0.717, 1.165) is 4.88 Å². The van der Waals surface area contributed by atoms with Crippen LogP contribution in [0.2, 0.25) is 0 Å². The van der Waals surface area contributed by atoms with Gasteiger partial charge in [0, 0.05) is 30.6 Å². The highest BCUT2D eigenvalue weighted by Crippen LogP contribution is 2.38. The summed E-state index contributed by atoms with van der Waals surface area (Å²) in [5.41, 5.74) is 0. The van der Waals surface area contributed by atoms with Gasteiger partial charge in [-0.3, -0.25) is 14.4 Å². The third kappa shape index (κ3) is 4.01. The van der Waals surface area contributed by atoms with E-state index in [4.69, 9.17) is 5.11 Å². The van der Waals surface area contributed by atoms with Crippen LogP contribution in [0.5, 0.6) is 0 Å². The molecule has 2 unspecified atom stereocenters. The number of aliphatic carboxylic acids is 1. The molecule has 0 bridgehead atoms. The van der Waals surface area contributed by atoms with Gasteiger partial charge in [0.25, 0.3) is 0 Å². The maximum absolute atomic E-state index is 12.3. The minimum Gasteiger partial charge on any atom is -0.481 e. The quantitative estimate of drug-likeness (QED) is 0.727. The van der Waals surface area contributed by atoms with Crippen LogP contribution >= 0.6 is 23.1 Å². The number of hydrogen-bond donors (Lipinski definition) is 2. The average molecular weight is 342 g/mol. The number of carbonyl (C=O) groups is 3. The van der Waals surface area contributed by atoms with Gasteiger partial charge in [-0.05, 0) is 11.4 Å². The third-order valence-electron chi connectivity index (χ3n) is 3.53. The molecule has 2 amide bonds. The van der Waals surface area contributed by atoms with Crippen molar-refractivity contribution in [3.05, 3.63) is 22.4 Å². The molecule has 8 heteroatoms. The van der Waals surface area contributed by atoms with E-state index in [1.54, 1.807) is 11.9 Å². The Labute approximate surface area is 136 Å². The lowest BCUT2D eigenvalue weighted by molar-refractivity contribution is -0.134. The number of carboxylic acids is 1. The van der Waals surface area contributed by atoms with Crippen LogP contribution in [0, 0.1) is 5.92 Å². The minimum atomic E-state index is -0.864. The predicted octanol–water partition coefficient (Wildman–Crippen LogP) is 1.20. The summed E-state index contributed by atoms with van der Waals surface area (Å²) in [7, 11) is 1.72. The van der Waals surface area contributed by atoms with Crippen LogP contribution in [-0.4, -0.2) is 52.9 Å². The van der Waals surface area contributed by atoms with Crippen molar-refractivity contribution < 1.29 is 19.5 Å². The van der Waals surface area contributed by atoms with E-state index in [1.165, 1.54) is 23.1 Å². The van der Waals surface area contributed by atoms with Crippen molar-refractivity contribution in [1.29, 1.82) is 0 Å². The molecule has 1 aliphatic heterocycles. The van der Waals surface area contributed by atoms with Gasteiger partial charge in [-0.1, -0.05) is 6.07 Å². The Balaban J connectivity index is 1.90. The summed E-state index contributed by atoms with van der Waals surface area (Å²) in [6.07, 6.45) is 0.215. The van der Waals surface area contributed by atoms with Crippen LogP contribution in [-0.2, 0) is 14.4 Å². The Morgan fingerprint density at radius 3 is 2.95 bits per heavy atom. The maximum Gasteiger partial charge on any atom is 0.313 e. The first-order chi connectivity index (χ1) is 10.5. The fraction of sp³-hybridized carbons (Fsp3) is 0.500. The third-order valence-corrected chi connectivity index (χ3v) is 5.42. The summed E-state index contributed by atoms with van der Waals surface area (Å²) in [6, 6.07) is 3.64. The lowest BCUT2D eigenvalue weighted by atomic mass is 9.98. The Bertz CT molecular complexity index is 547. The molecule has 2 rings (SSSR count). The number of thioether (sulfide) groups is 1. The second kappa shape index (κ2) is 7.64. The fourth-order valence-corrected chi connectivity index (χ4v) is 3.99. The van der Waals surface area contributed by atoms with Gasteiger partial charge in [0.1, 0.15) is 0 Å². The Kier molecular flexibility index (Phi) is 5.84. The molecule has 1 aromatic heterocycles. The van der Waals surface area contributed by atoms with Crippen molar-refractivity contribution in [3.63, 3.8) is 0 Å². The molecule has 1 aromatic rings. The van der Waals surface area contributed by atoms with Gasteiger partial charge in [0.2, 0.25) is 11.8 Å². The Hall–Kier alpha value is -1.54. The summed E-state index contributed by atoms with van der Waals surface area (Å²) in [4.78, 5) is 37.3. The van der Waals surface area contributed by atoms with Gasteiger partial charge < -0.3 is 15.3 Å². The second-order valence-electron chi connectivity index (χ2n) is 5.01. The molecule has 22 heavy (non-hydrogen) atoms. The summed E-state index contributed by atoms with van der Waals surface area (Å²) in [5, 5.41) is 13.3. The molecule has 1 saturated heterocycles. The largest absolute Gasteiger partial charge is 0.481 e. The zero-order valence-corrected chi connectivity index (χ0v) is 13.8. The van der Waals surface area contributed by atoms with Crippen LogP contribution < -0.4 is 5.32 Å². The molecule has 0 radical (unpaired) electrons. The highest BCUT2D eigenvalue weighted by atomic mass is 32.2. The molecule has 6 nitrogen and oxygen atoms in total. The first-order valence-corrected chi connectivity index (χ1v) is 8.90. The monoisotopic (exact) mass is 342 g/mol. The van der Waals surface area contributed by atoms with Crippen LogP contribution in [0.15, 0.2) is 17.5 Å². The van der Waals surface area contributed by atoms with E-state index in [0.29, 0.717) is 12.3 Å². The van der Waals surface area contributed by atoms with Crippen molar-refractivity contribution in [1.82, 2.24) is 10.2 Å².